The van der Waals surface area contributed by atoms with Gasteiger partial charge in [0.15, 0.2) is 0 Å². The third-order valence-electron chi connectivity index (χ3n) is 3.60. The van der Waals surface area contributed by atoms with Gasteiger partial charge in [0, 0.05) is 16.2 Å². The average Bonchev–Trinajstić information content (AvgIpc) is 2.61. The van der Waals surface area contributed by atoms with Crippen LogP contribution >= 0.6 is 11.6 Å². The second kappa shape index (κ2) is 8.40. The Hall–Kier alpha value is -2.72. The summed E-state index contributed by atoms with van der Waals surface area (Å²) in [5.74, 6) is -1.44. The zero-order chi connectivity index (χ0) is 18.4. The van der Waals surface area contributed by atoms with Crippen molar-refractivity contribution in [2.45, 2.75) is 13.8 Å². The SMILES string of the molecule is C/C=C(/C)C(=O)NC(=O)/C(=C/c1ccc(Cl)cc1)c1ccc(F)cc1. The molecule has 0 radical (unpaired) electrons. The van der Waals surface area contributed by atoms with Crippen molar-refractivity contribution in [1.29, 1.82) is 0 Å². The van der Waals surface area contributed by atoms with Crippen LogP contribution in [-0.4, -0.2) is 11.8 Å². The van der Waals surface area contributed by atoms with Gasteiger partial charge in [0.1, 0.15) is 5.82 Å². The van der Waals surface area contributed by atoms with Crippen LogP contribution in [0.2, 0.25) is 5.02 Å². The minimum absolute atomic E-state index is 0.250. The van der Waals surface area contributed by atoms with Gasteiger partial charge < -0.3 is 0 Å². The summed E-state index contributed by atoms with van der Waals surface area (Å²) in [7, 11) is 0. The third kappa shape index (κ3) is 5.13. The fourth-order valence-corrected chi connectivity index (χ4v) is 2.16. The molecule has 0 saturated carbocycles. The van der Waals surface area contributed by atoms with Gasteiger partial charge in [0.05, 0.1) is 0 Å². The summed E-state index contributed by atoms with van der Waals surface area (Å²) in [6, 6.07) is 12.4. The molecule has 0 heterocycles. The summed E-state index contributed by atoms with van der Waals surface area (Å²) >= 11 is 5.87. The first-order valence-electron chi connectivity index (χ1n) is 7.62. The fourth-order valence-electron chi connectivity index (χ4n) is 2.04. The van der Waals surface area contributed by atoms with Gasteiger partial charge in [-0.25, -0.2) is 4.39 Å². The van der Waals surface area contributed by atoms with Crippen molar-refractivity contribution in [2.24, 2.45) is 0 Å². The maximum atomic E-state index is 13.2. The molecule has 0 aromatic heterocycles. The van der Waals surface area contributed by atoms with Gasteiger partial charge in [0.2, 0.25) is 0 Å². The molecule has 25 heavy (non-hydrogen) atoms. The van der Waals surface area contributed by atoms with Crippen molar-refractivity contribution in [3.05, 3.63) is 82.1 Å². The van der Waals surface area contributed by atoms with Crippen LogP contribution in [0.3, 0.4) is 0 Å². The van der Waals surface area contributed by atoms with Crippen molar-refractivity contribution in [1.82, 2.24) is 5.32 Å². The summed E-state index contributed by atoms with van der Waals surface area (Å²) in [6.07, 6.45) is 3.24. The number of hydrogen-bond acceptors (Lipinski definition) is 2. The largest absolute Gasteiger partial charge is 0.288 e. The Kier molecular flexibility index (Phi) is 6.25. The van der Waals surface area contributed by atoms with Gasteiger partial charge in [-0.15, -0.1) is 0 Å². The predicted molar refractivity (Wildman–Crippen MR) is 98.3 cm³/mol. The lowest BCUT2D eigenvalue weighted by Gasteiger charge is -2.09. The summed E-state index contributed by atoms with van der Waals surface area (Å²) in [4.78, 5) is 24.5. The molecule has 1 N–H and O–H groups in total. The minimum Gasteiger partial charge on any atom is -0.288 e. The second-order valence-electron chi connectivity index (χ2n) is 5.37. The topological polar surface area (TPSA) is 46.2 Å². The van der Waals surface area contributed by atoms with Crippen LogP contribution in [0.15, 0.2) is 60.2 Å². The summed E-state index contributed by atoms with van der Waals surface area (Å²) in [5, 5.41) is 2.91. The van der Waals surface area contributed by atoms with Crippen molar-refractivity contribution in [2.75, 3.05) is 0 Å². The Balaban J connectivity index is 2.41. The third-order valence-corrected chi connectivity index (χ3v) is 3.85. The van der Waals surface area contributed by atoms with E-state index in [-0.39, 0.29) is 5.57 Å². The van der Waals surface area contributed by atoms with Gasteiger partial charge >= 0.3 is 0 Å². The molecular weight excluding hydrogens is 341 g/mol. The molecule has 0 bridgehead atoms. The molecule has 0 aliphatic rings. The highest BCUT2D eigenvalue weighted by atomic mass is 35.5. The van der Waals surface area contributed by atoms with Gasteiger partial charge in [-0.05, 0) is 55.3 Å². The van der Waals surface area contributed by atoms with E-state index < -0.39 is 17.6 Å². The lowest BCUT2D eigenvalue weighted by Crippen LogP contribution is -2.31. The molecule has 2 amide bonds. The highest BCUT2D eigenvalue weighted by Crippen LogP contribution is 2.20. The standard InChI is InChI=1S/C20H17ClFNO2/c1-3-13(2)19(24)23-20(25)18(15-6-10-17(22)11-7-15)12-14-4-8-16(21)9-5-14/h3-12H,1-2H3,(H,23,24,25)/b13-3-,18-12+. The lowest BCUT2D eigenvalue weighted by atomic mass is 10.0. The van der Waals surface area contributed by atoms with E-state index in [1.54, 1.807) is 50.3 Å². The van der Waals surface area contributed by atoms with Crippen molar-refractivity contribution in [3.63, 3.8) is 0 Å². The number of hydrogen-bond donors (Lipinski definition) is 1. The Morgan fingerprint density at radius 1 is 1.00 bits per heavy atom. The van der Waals surface area contributed by atoms with Crippen LogP contribution in [0.25, 0.3) is 11.6 Å². The molecule has 2 aromatic rings. The lowest BCUT2D eigenvalue weighted by molar-refractivity contribution is -0.125. The van der Waals surface area contributed by atoms with Crippen molar-refractivity contribution < 1.29 is 14.0 Å². The van der Waals surface area contributed by atoms with E-state index in [1.165, 1.54) is 24.3 Å². The van der Waals surface area contributed by atoms with E-state index in [2.05, 4.69) is 5.32 Å². The number of nitrogens with one attached hydrogen (secondary N) is 1. The molecule has 2 rings (SSSR count). The number of halogens is 2. The second-order valence-corrected chi connectivity index (χ2v) is 5.81. The van der Waals surface area contributed by atoms with E-state index in [1.807, 2.05) is 0 Å². The molecule has 128 valence electrons. The first kappa shape index (κ1) is 18.6. The van der Waals surface area contributed by atoms with Crippen LogP contribution < -0.4 is 5.32 Å². The first-order chi connectivity index (χ1) is 11.9. The smallest absolute Gasteiger partial charge is 0.258 e. The van der Waals surface area contributed by atoms with E-state index in [0.29, 0.717) is 16.2 Å². The van der Waals surface area contributed by atoms with E-state index >= 15 is 0 Å². The van der Waals surface area contributed by atoms with Crippen LogP contribution in [0.1, 0.15) is 25.0 Å². The number of carbonyl (C=O) groups excluding carboxylic acids is 2. The number of rotatable bonds is 4. The molecule has 5 heteroatoms. The number of allylic oxidation sites excluding steroid dienone is 1. The summed E-state index contributed by atoms with van der Waals surface area (Å²) in [5.41, 5.74) is 1.91. The van der Waals surface area contributed by atoms with Crippen molar-refractivity contribution in [3.8, 4) is 0 Å². The number of amides is 2. The van der Waals surface area contributed by atoms with Gasteiger partial charge in [-0.2, -0.15) is 0 Å². The molecule has 3 nitrogen and oxygen atoms in total. The predicted octanol–water partition coefficient (Wildman–Crippen LogP) is 4.63. The zero-order valence-corrected chi connectivity index (χ0v) is 14.6. The van der Waals surface area contributed by atoms with Gasteiger partial charge in [0.25, 0.3) is 11.8 Å². The molecule has 0 fully saturated rings. The average molecular weight is 358 g/mol. The number of carbonyl (C=O) groups is 2. The molecular formula is C20H17ClFNO2. The molecule has 0 spiro atoms. The molecule has 0 aliphatic carbocycles. The summed E-state index contributed by atoms with van der Waals surface area (Å²) < 4.78 is 13.2. The zero-order valence-electron chi connectivity index (χ0n) is 13.8. The molecule has 2 aromatic carbocycles. The Morgan fingerprint density at radius 2 is 1.60 bits per heavy atom. The highest BCUT2D eigenvalue weighted by molar-refractivity contribution is 6.31. The fraction of sp³-hybridized carbons (Fsp3) is 0.100. The van der Waals surface area contributed by atoms with Crippen LogP contribution in [0.4, 0.5) is 4.39 Å². The van der Waals surface area contributed by atoms with Crippen LogP contribution in [-0.2, 0) is 9.59 Å². The Bertz CT molecular complexity index is 837. The Morgan fingerprint density at radius 3 is 2.16 bits per heavy atom. The minimum atomic E-state index is -0.562. The maximum absolute atomic E-state index is 13.2. The first-order valence-corrected chi connectivity index (χ1v) is 8.00. The van der Waals surface area contributed by atoms with E-state index in [9.17, 15) is 14.0 Å². The highest BCUT2D eigenvalue weighted by Gasteiger charge is 2.16. The molecule has 0 aliphatic heterocycles. The quantitative estimate of drug-likeness (QED) is 0.640. The van der Waals surface area contributed by atoms with Gasteiger partial charge in [-0.3, -0.25) is 14.9 Å². The number of imide groups is 1. The number of benzene rings is 2. The normalized spacial score (nSPS) is 12.0. The van der Waals surface area contributed by atoms with Crippen LogP contribution in [0.5, 0.6) is 0 Å². The van der Waals surface area contributed by atoms with Crippen LogP contribution in [0, 0.1) is 5.82 Å². The summed E-state index contributed by atoms with van der Waals surface area (Å²) in [6.45, 7) is 3.33. The molecule has 0 saturated heterocycles. The monoisotopic (exact) mass is 357 g/mol. The van der Waals surface area contributed by atoms with Crippen molar-refractivity contribution >= 4 is 35.1 Å². The maximum Gasteiger partial charge on any atom is 0.258 e. The van der Waals surface area contributed by atoms with Gasteiger partial charge in [-0.1, -0.05) is 41.9 Å². The van der Waals surface area contributed by atoms with E-state index in [4.69, 9.17) is 11.6 Å². The van der Waals surface area contributed by atoms with E-state index in [0.717, 1.165) is 5.56 Å². The Labute approximate surface area is 150 Å². The molecule has 0 atom stereocenters. The molecule has 0 unspecified atom stereocenters.